The lowest BCUT2D eigenvalue weighted by Gasteiger charge is -2.32. The zero-order chi connectivity index (χ0) is 24.6. The highest BCUT2D eigenvalue weighted by Gasteiger charge is 2.25. The van der Waals surface area contributed by atoms with Gasteiger partial charge in [-0.3, -0.25) is 4.98 Å². The first kappa shape index (κ1) is 25.2. The van der Waals surface area contributed by atoms with Crippen LogP contribution in [0.1, 0.15) is 58.4 Å². The van der Waals surface area contributed by atoms with E-state index in [0.29, 0.717) is 18.9 Å². The third-order valence-electron chi connectivity index (χ3n) is 5.96. The maximum atomic E-state index is 11.7. The predicted octanol–water partition coefficient (Wildman–Crippen LogP) is 5.38. The molecule has 0 spiro atoms. The van der Waals surface area contributed by atoms with E-state index in [9.17, 15) is 4.79 Å². The first-order valence-electron chi connectivity index (χ1n) is 11.7. The number of Topliss-reactive ketones (excluding diaryl/α,β-unsaturated/α-hetero) is 1. The molecule has 2 N–H and O–H groups in total. The van der Waals surface area contributed by atoms with E-state index in [4.69, 9.17) is 14.5 Å². The fourth-order valence-corrected chi connectivity index (χ4v) is 3.88. The van der Waals surface area contributed by atoms with Crippen molar-refractivity contribution in [3.63, 3.8) is 0 Å². The van der Waals surface area contributed by atoms with E-state index in [2.05, 4.69) is 34.4 Å². The molecule has 8 nitrogen and oxygen atoms in total. The van der Waals surface area contributed by atoms with Gasteiger partial charge in [0.25, 0.3) is 0 Å². The molecule has 2 heterocycles. The third kappa shape index (κ3) is 6.56. The fourth-order valence-electron chi connectivity index (χ4n) is 3.88. The van der Waals surface area contributed by atoms with Crippen LogP contribution in [0.25, 0.3) is 10.9 Å². The van der Waals surface area contributed by atoms with Crippen LogP contribution in [0.2, 0.25) is 0 Å². The van der Waals surface area contributed by atoms with Gasteiger partial charge in [0, 0.05) is 41.7 Å². The van der Waals surface area contributed by atoms with Gasteiger partial charge in [0.1, 0.15) is 23.1 Å². The summed E-state index contributed by atoms with van der Waals surface area (Å²) >= 11 is 0. The zero-order valence-corrected chi connectivity index (χ0v) is 20.8. The lowest BCUT2D eigenvalue weighted by molar-refractivity contribution is -0.117. The van der Waals surface area contributed by atoms with Gasteiger partial charge >= 0.3 is 0 Å². The Labute approximate surface area is 201 Å². The molecule has 0 bridgehead atoms. The number of hydrogen-bond donors (Lipinski definition) is 2. The largest absolute Gasteiger partial charge is 0.497 e. The molecule has 0 fully saturated rings. The molecule has 0 aliphatic heterocycles. The molecule has 1 atom stereocenters. The van der Waals surface area contributed by atoms with Crippen LogP contribution in [0.15, 0.2) is 36.7 Å². The maximum absolute atomic E-state index is 11.7. The van der Waals surface area contributed by atoms with Gasteiger partial charge in [0.05, 0.1) is 25.9 Å². The Morgan fingerprint density at radius 1 is 1.12 bits per heavy atom. The summed E-state index contributed by atoms with van der Waals surface area (Å²) in [5, 5.41) is 7.87. The highest BCUT2D eigenvalue weighted by molar-refractivity contribution is 5.89. The molecule has 0 saturated carbocycles. The Morgan fingerprint density at radius 2 is 1.94 bits per heavy atom. The molecule has 3 aromatic rings. The number of ketones is 1. The summed E-state index contributed by atoms with van der Waals surface area (Å²) in [6, 6.07) is 7.62. The number of pyridine rings is 1. The van der Waals surface area contributed by atoms with Gasteiger partial charge in [-0.1, -0.05) is 19.8 Å². The molecule has 0 aliphatic rings. The number of rotatable bonds is 13. The van der Waals surface area contributed by atoms with Gasteiger partial charge in [-0.05, 0) is 44.9 Å². The minimum absolute atomic E-state index is 0.192. The monoisotopic (exact) mass is 465 g/mol. The number of hydrogen-bond acceptors (Lipinski definition) is 8. The molecule has 0 unspecified atom stereocenters. The number of carbonyl (C=O) groups is 1. The smallest absolute Gasteiger partial charge is 0.225 e. The Balaban J connectivity index is 1.89. The van der Waals surface area contributed by atoms with E-state index in [0.717, 1.165) is 59.5 Å². The van der Waals surface area contributed by atoms with Crippen molar-refractivity contribution in [2.45, 2.75) is 65.0 Å². The molecule has 2 aromatic heterocycles. The topological polar surface area (TPSA) is 98.3 Å². The lowest BCUT2D eigenvalue weighted by atomic mass is 9.88. The van der Waals surface area contributed by atoms with Crippen LogP contribution in [-0.4, -0.2) is 40.5 Å². The van der Waals surface area contributed by atoms with E-state index < -0.39 is 0 Å². The maximum Gasteiger partial charge on any atom is 0.225 e. The van der Waals surface area contributed by atoms with Gasteiger partial charge < -0.3 is 24.9 Å². The quantitative estimate of drug-likeness (QED) is 0.347. The van der Waals surface area contributed by atoms with E-state index in [1.54, 1.807) is 33.5 Å². The number of benzene rings is 1. The van der Waals surface area contributed by atoms with Gasteiger partial charge in [-0.2, -0.15) is 4.98 Å². The number of carbonyl (C=O) groups excluding carboxylic acids is 1. The summed E-state index contributed by atoms with van der Waals surface area (Å²) in [6.07, 6.45) is 7.84. The van der Waals surface area contributed by atoms with E-state index in [1.807, 2.05) is 24.3 Å². The number of fused-ring (bicyclic) bond motifs is 1. The summed E-state index contributed by atoms with van der Waals surface area (Å²) in [7, 11) is 3.26. The average molecular weight is 466 g/mol. The zero-order valence-electron chi connectivity index (χ0n) is 20.8. The van der Waals surface area contributed by atoms with Gasteiger partial charge in [0.2, 0.25) is 5.95 Å². The number of unbranched alkanes of at least 4 members (excludes halogenated alkanes) is 1. The van der Waals surface area contributed by atoms with E-state index >= 15 is 0 Å². The van der Waals surface area contributed by atoms with Crippen molar-refractivity contribution in [3.8, 4) is 11.5 Å². The second-order valence-electron chi connectivity index (χ2n) is 8.81. The average Bonchev–Trinajstić information content (AvgIpc) is 2.85. The van der Waals surface area contributed by atoms with Crippen molar-refractivity contribution in [2.24, 2.45) is 0 Å². The minimum atomic E-state index is -0.261. The molecule has 3 rings (SSSR count). The molecular weight excluding hydrogens is 430 g/mol. The molecule has 0 amide bonds. The number of methoxy groups -OCH3 is 2. The number of nitrogens with one attached hydrogen (secondary N) is 2. The minimum Gasteiger partial charge on any atom is -0.497 e. The molecule has 34 heavy (non-hydrogen) atoms. The third-order valence-corrected chi connectivity index (χ3v) is 5.96. The molecule has 8 heteroatoms. The predicted molar refractivity (Wildman–Crippen MR) is 136 cm³/mol. The summed E-state index contributed by atoms with van der Waals surface area (Å²) in [6.45, 7) is 6.46. The van der Waals surface area contributed by atoms with Crippen LogP contribution >= 0.6 is 0 Å². The lowest BCUT2D eigenvalue weighted by Crippen LogP contribution is -2.36. The van der Waals surface area contributed by atoms with Crippen molar-refractivity contribution in [2.75, 3.05) is 24.9 Å². The summed E-state index contributed by atoms with van der Waals surface area (Å²) in [5.41, 5.74) is 1.44. The number of anilines is 2. The highest BCUT2D eigenvalue weighted by Crippen LogP contribution is 2.30. The number of aromatic nitrogens is 3. The standard InChI is InChI=1S/C26H35N5O3/c1-6-7-12-26(3,13-10-18(2)32)31-24-21-11-14-27-17-22(21)29-25(30-24)28-16-19-8-9-20(33-4)15-23(19)34-5/h8-9,11,14-15,17H,6-7,10,12-13,16H2,1-5H3,(H2,28,29,30,31)/t26-/m1/s1. The van der Waals surface area contributed by atoms with Crippen LogP contribution in [0, 0.1) is 0 Å². The molecule has 0 radical (unpaired) electrons. The number of nitrogens with zero attached hydrogens (tertiary/aromatic N) is 3. The van der Waals surface area contributed by atoms with Gasteiger partial charge in [-0.15, -0.1) is 0 Å². The Kier molecular flexibility index (Phi) is 8.62. The Hall–Kier alpha value is -3.42. The van der Waals surface area contributed by atoms with Crippen LogP contribution in [0.5, 0.6) is 11.5 Å². The van der Waals surface area contributed by atoms with Crippen LogP contribution < -0.4 is 20.1 Å². The van der Waals surface area contributed by atoms with Crippen LogP contribution in [0.4, 0.5) is 11.8 Å². The van der Waals surface area contributed by atoms with E-state index in [-0.39, 0.29) is 11.3 Å². The summed E-state index contributed by atoms with van der Waals surface area (Å²) < 4.78 is 10.8. The first-order chi connectivity index (χ1) is 16.4. The van der Waals surface area contributed by atoms with Crippen molar-refractivity contribution in [1.29, 1.82) is 0 Å². The normalized spacial score (nSPS) is 12.7. The second kappa shape index (κ2) is 11.6. The van der Waals surface area contributed by atoms with Crippen molar-refractivity contribution in [1.82, 2.24) is 15.0 Å². The highest BCUT2D eigenvalue weighted by atomic mass is 16.5. The molecular formula is C26H35N5O3. The van der Waals surface area contributed by atoms with Gasteiger partial charge in [-0.25, -0.2) is 4.98 Å². The molecule has 182 valence electrons. The Morgan fingerprint density at radius 3 is 2.65 bits per heavy atom. The molecule has 0 aliphatic carbocycles. The van der Waals surface area contributed by atoms with E-state index in [1.165, 1.54) is 0 Å². The first-order valence-corrected chi connectivity index (χ1v) is 11.7. The van der Waals surface area contributed by atoms with Crippen molar-refractivity contribution < 1.29 is 14.3 Å². The van der Waals surface area contributed by atoms with Crippen LogP contribution in [-0.2, 0) is 11.3 Å². The Bertz CT molecular complexity index is 1120. The number of ether oxygens (including phenoxy) is 2. The van der Waals surface area contributed by atoms with Crippen LogP contribution in [0.3, 0.4) is 0 Å². The molecule has 0 saturated heterocycles. The van der Waals surface area contributed by atoms with Gasteiger partial charge in [0.15, 0.2) is 0 Å². The SMILES string of the molecule is CCCC[C@](C)(CCC(C)=O)Nc1nc(NCc2ccc(OC)cc2OC)nc2cnccc12. The second-order valence-corrected chi connectivity index (χ2v) is 8.81. The summed E-state index contributed by atoms with van der Waals surface area (Å²) in [5.74, 6) is 2.88. The van der Waals surface area contributed by atoms with Crippen molar-refractivity contribution >= 4 is 28.5 Å². The van der Waals surface area contributed by atoms with Crippen molar-refractivity contribution in [3.05, 3.63) is 42.2 Å². The fraction of sp³-hybridized carbons (Fsp3) is 0.462. The molecule has 1 aromatic carbocycles. The summed E-state index contributed by atoms with van der Waals surface area (Å²) in [4.78, 5) is 25.4.